The third-order valence-corrected chi connectivity index (χ3v) is 8.63. The van der Waals surface area contributed by atoms with Gasteiger partial charge in [-0.05, 0) is 49.7 Å². The van der Waals surface area contributed by atoms with Gasteiger partial charge in [0.25, 0.3) is 0 Å². The Labute approximate surface area is 224 Å². The van der Waals surface area contributed by atoms with E-state index in [4.69, 9.17) is 35.8 Å². The maximum absolute atomic E-state index is 11.7. The van der Waals surface area contributed by atoms with Crippen LogP contribution in [0.5, 0.6) is 0 Å². The summed E-state index contributed by atoms with van der Waals surface area (Å²) in [6.45, 7) is 4.87. The molecule has 198 valence electrons. The number of ether oxygens (including phenoxy) is 1. The molecular weight excluding hydrogens is 506 g/mol. The van der Waals surface area contributed by atoms with Gasteiger partial charge in [-0.15, -0.1) is 0 Å². The van der Waals surface area contributed by atoms with Gasteiger partial charge in [0.05, 0.1) is 12.1 Å². The topological polar surface area (TPSA) is 115 Å². The number of halogens is 1. The molecule has 2 aliphatic heterocycles. The molecule has 3 aliphatic rings. The summed E-state index contributed by atoms with van der Waals surface area (Å²) in [5.74, 6) is 2.01. The van der Waals surface area contributed by atoms with E-state index in [2.05, 4.69) is 26.5 Å². The van der Waals surface area contributed by atoms with Crippen LogP contribution in [0.1, 0.15) is 45.4 Å². The van der Waals surface area contributed by atoms with Gasteiger partial charge in [0.1, 0.15) is 11.2 Å². The van der Waals surface area contributed by atoms with Crippen LogP contribution >= 0.6 is 11.6 Å². The molecule has 3 aromatic heterocycles. The van der Waals surface area contributed by atoms with Gasteiger partial charge in [-0.25, -0.2) is 14.8 Å². The minimum Gasteiger partial charge on any atom is -0.376 e. The Kier molecular flexibility index (Phi) is 5.96. The van der Waals surface area contributed by atoms with Crippen LogP contribution in [0.25, 0.3) is 34.1 Å². The molecule has 0 spiro atoms. The van der Waals surface area contributed by atoms with Crippen molar-refractivity contribution >= 4 is 28.7 Å². The highest BCUT2D eigenvalue weighted by Gasteiger charge is 2.41. The van der Waals surface area contributed by atoms with E-state index in [1.807, 2.05) is 24.3 Å². The number of rotatable bonds is 5. The Morgan fingerprint density at radius 1 is 1.11 bits per heavy atom. The molecule has 0 amide bonds. The summed E-state index contributed by atoms with van der Waals surface area (Å²) in [5, 5.41) is 4.45. The molecule has 1 N–H and O–H groups in total. The van der Waals surface area contributed by atoms with Crippen LogP contribution in [-0.4, -0.2) is 55.0 Å². The predicted molar refractivity (Wildman–Crippen MR) is 143 cm³/mol. The second kappa shape index (κ2) is 9.50. The smallest absolute Gasteiger partial charge is 0.376 e. The fourth-order valence-corrected chi connectivity index (χ4v) is 6.60. The van der Waals surface area contributed by atoms with E-state index in [1.54, 1.807) is 0 Å². The molecule has 38 heavy (non-hydrogen) atoms. The Hall–Kier alpha value is -3.24. The molecule has 11 heteroatoms. The van der Waals surface area contributed by atoms with Crippen molar-refractivity contribution in [2.45, 2.75) is 64.1 Å². The van der Waals surface area contributed by atoms with E-state index in [0.29, 0.717) is 28.3 Å². The standard InChI is InChI=1S/C27H30ClN7O3/c1-15-5-7-16(8-6-15)14-35-22-21(17-3-2-4-18(28)13-17)29-24(25-32-27(36)38-33-25)30-23(22)31-26(35)34-11-9-20-19(34)10-12-37-20/h2-4,13,15-16,19-20H,5-12,14H2,1H3,(H,32,33,36)/t15-,16-,19?,20?. The van der Waals surface area contributed by atoms with Crippen LogP contribution in [0, 0.1) is 11.8 Å². The number of benzene rings is 1. The summed E-state index contributed by atoms with van der Waals surface area (Å²) in [6, 6.07) is 7.95. The highest BCUT2D eigenvalue weighted by atomic mass is 35.5. The van der Waals surface area contributed by atoms with Gasteiger partial charge in [0.2, 0.25) is 17.6 Å². The number of hydrogen-bond donors (Lipinski definition) is 1. The Balaban J connectivity index is 1.44. The lowest BCUT2D eigenvalue weighted by molar-refractivity contribution is 0.113. The first-order valence-corrected chi connectivity index (χ1v) is 13.9. The lowest BCUT2D eigenvalue weighted by Gasteiger charge is -2.30. The Bertz CT molecular complexity index is 1540. The SMILES string of the molecule is C[C@H]1CC[C@H](Cn2c(N3CCC4OCCC43)nc3nc(-c4noc(=O)[nH]4)nc(-c4cccc(Cl)c4)c32)CC1. The van der Waals surface area contributed by atoms with Crippen molar-refractivity contribution in [2.24, 2.45) is 11.8 Å². The minimum atomic E-state index is -0.657. The molecule has 5 heterocycles. The van der Waals surface area contributed by atoms with Gasteiger partial charge < -0.3 is 14.2 Å². The fraction of sp³-hybridized carbons (Fsp3) is 0.519. The molecule has 2 unspecified atom stereocenters. The first-order valence-electron chi connectivity index (χ1n) is 13.5. The number of fused-ring (bicyclic) bond motifs is 2. The number of nitrogens with zero attached hydrogens (tertiary/aromatic N) is 6. The van der Waals surface area contributed by atoms with Crippen molar-refractivity contribution in [1.82, 2.24) is 29.7 Å². The average molecular weight is 536 g/mol. The maximum Gasteiger partial charge on any atom is 0.439 e. The van der Waals surface area contributed by atoms with Gasteiger partial charge in [-0.2, -0.15) is 4.98 Å². The number of nitrogens with one attached hydrogen (secondary N) is 1. The first-order chi connectivity index (χ1) is 18.5. The Morgan fingerprint density at radius 2 is 1.97 bits per heavy atom. The van der Waals surface area contributed by atoms with Gasteiger partial charge in [0.15, 0.2) is 5.65 Å². The molecule has 1 saturated carbocycles. The van der Waals surface area contributed by atoms with Crippen LogP contribution in [-0.2, 0) is 11.3 Å². The normalized spacial score (nSPS) is 25.4. The lowest BCUT2D eigenvalue weighted by Crippen LogP contribution is -2.34. The number of hydrogen-bond acceptors (Lipinski definition) is 8. The second-order valence-corrected chi connectivity index (χ2v) is 11.4. The monoisotopic (exact) mass is 535 g/mol. The van der Waals surface area contributed by atoms with E-state index in [1.165, 1.54) is 25.7 Å². The quantitative estimate of drug-likeness (QED) is 0.391. The Morgan fingerprint density at radius 3 is 2.76 bits per heavy atom. The third-order valence-electron chi connectivity index (χ3n) is 8.40. The predicted octanol–water partition coefficient (Wildman–Crippen LogP) is 4.68. The molecule has 2 atom stereocenters. The highest BCUT2D eigenvalue weighted by molar-refractivity contribution is 6.30. The van der Waals surface area contributed by atoms with Crippen molar-refractivity contribution < 1.29 is 9.26 Å². The van der Waals surface area contributed by atoms with Gasteiger partial charge >= 0.3 is 5.76 Å². The number of H-pyrrole nitrogens is 1. The van der Waals surface area contributed by atoms with E-state index in [-0.39, 0.29) is 17.8 Å². The fourth-order valence-electron chi connectivity index (χ4n) is 6.41. The zero-order chi connectivity index (χ0) is 25.8. The number of imidazole rings is 1. The molecule has 3 fully saturated rings. The summed E-state index contributed by atoms with van der Waals surface area (Å²) in [7, 11) is 0. The largest absolute Gasteiger partial charge is 0.439 e. The van der Waals surface area contributed by atoms with E-state index >= 15 is 0 Å². The summed E-state index contributed by atoms with van der Waals surface area (Å²) >= 11 is 6.42. The zero-order valence-electron chi connectivity index (χ0n) is 21.3. The van der Waals surface area contributed by atoms with Crippen LogP contribution in [0.2, 0.25) is 5.02 Å². The highest BCUT2D eigenvalue weighted by Crippen LogP contribution is 2.39. The molecule has 4 aromatic rings. The molecule has 0 bridgehead atoms. The number of aromatic nitrogens is 6. The molecule has 1 aliphatic carbocycles. The van der Waals surface area contributed by atoms with Gasteiger partial charge in [-0.3, -0.25) is 9.51 Å². The van der Waals surface area contributed by atoms with E-state index in [0.717, 1.165) is 55.5 Å². The lowest BCUT2D eigenvalue weighted by atomic mass is 9.83. The van der Waals surface area contributed by atoms with E-state index in [9.17, 15) is 4.79 Å². The van der Waals surface area contributed by atoms with Crippen molar-refractivity contribution in [3.8, 4) is 22.9 Å². The molecule has 0 radical (unpaired) electrons. The molecule has 2 saturated heterocycles. The second-order valence-electron chi connectivity index (χ2n) is 10.9. The van der Waals surface area contributed by atoms with Crippen LogP contribution in [0.15, 0.2) is 33.6 Å². The summed E-state index contributed by atoms with van der Waals surface area (Å²) in [6.07, 6.45) is 7.11. The number of anilines is 1. The minimum absolute atomic E-state index is 0.169. The van der Waals surface area contributed by atoms with E-state index < -0.39 is 5.76 Å². The molecule has 1 aromatic carbocycles. The van der Waals surface area contributed by atoms with Crippen LogP contribution in [0.4, 0.5) is 5.95 Å². The van der Waals surface area contributed by atoms with Crippen LogP contribution < -0.4 is 10.7 Å². The summed E-state index contributed by atoms with van der Waals surface area (Å²) in [4.78, 5) is 31.5. The molecular formula is C27H30ClN7O3. The third kappa shape index (κ3) is 4.19. The van der Waals surface area contributed by atoms with Crippen molar-refractivity contribution in [2.75, 3.05) is 18.1 Å². The number of aromatic amines is 1. The van der Waals surface area contributed by atoms with Crippen molar-refractivity contribution in [3.63, 3.8) is 0 Å². The molecule has 10 nitrogen and oxygen atoms in total. The van der Waals surface area contributed by atoms with Gasteiger partial charge in [-0.1, -0.05) is 48.7 Å². The molecule has 7 rings (SSSR count). The summed E-state index contributed by atoms with van der Waals surface area (Å²) < 4.78 is 13.1. The van der Waals surface area contributed by atoms with Crippen molar-refractivity contribution in [3.05, 3.63) is 39.8 Å². The first kappa shape index (κ1) is 23.8. The zero-order valence-corrected chi connectivity index (χ0v) is 22.0. The average Bonchev–Trinajstić information content (AvgIpc) is 3.69. The van der Waals surface area contributed by atoms with Crippen molar-refractivity contribution in [1.29, 1.82) is 0 Å². The van der Waals surface area contributed by atoms with Gasteiger partial charge in [0, 0.05) is 30.3 Å². The summed E-state index contributed by atoms with van der Waals surface area (Å²) in [5.41, 5.74) is 3.00. The maximum atomic E-state index is 11.7. The van der Waals surface area contributed by atoms with Crippen LogP contribution in [0.3, 0.4) is 0 Å².